The zero-order valence-electron chi connectivity index (χ0n) is 25.2. The molecule has 0 saturated carbocycles. The van der Waals surface area contributed by atoms with Crippen molar-refractivity contribution in [2.45, 2.75) is 52.4 Å². The van der Waals surface area contributed by atoms with Crippen LogP contribution in [0.2, 0.25) is 5.15 Å². The van der Waals surface area contributed by atoms with E-state index in [2.05, 4.69) is 20.3 Å². The van der Waals surface area contributed by atoms with E-state index in [1.165, 1.54) is 20.8 Å². The summed E-state index contributed by atoms with van der Waals surface area (Å²) in [6, 6.07) is 6.99. The van der Waals surface area contributed by atoms with Crippen molar-refractivity contribution in [3.8, 4) is 5.75 Å². The molecule has 2 heterocycles. The Hall–Kier alpha value is -4.63. The van der Waals surface area contributed by atoms with Gasteiger partial charge in [-0.3, -0.25) is 29.5 Å². The molecule has 15 nitrogen and oxygen atoms in total. The molecule has 0 radical (unpaired) electrons. The number of halogens is 1. The molecule has 1 saturated heterocycles. The van der Waals surface area contributed by atoms with Crippen molar-refractivity contribution in [3.63, 3.8) is 0 Å². The number of esters is 1. The number of carbonyl (C=O) groups excluding carboxylic acids is 5. The second-order valence-electron chi connectivity index (χ2n) is 10.4. The highest BCUT2D eigenvalue weighted by molar-refractivity contribution is 6.31. The molecule has 45 heavy (non-hydrogen) atoms. The van der Waals surface area contributed by atoms with Crippen LogP contribution in [0.25, 0.3) is 0 Å². The van der Waals surface area contributed by atoms with Gasteiger partial charge in [0.15, 0.2) is 34.5 Å². The number of aromatic nitrogens is 2. The summed E-state index contributed by atoms with van der Waals surface area (Å²) in [5.74, 6) is -6.38. The molecule has 16 heteroatoms. The molecule has 2 aromatic rings. The Labute approximate surface area is 264 Å². The van der Waals surface area contributed by atoms with Crippen LogP contribution in [0.15, 0.2) is 29.3 Å². The lowest BCUT2D eigenvalue weighted by atomic mass is 9.70. The first-order valence-electron chi connectivity index (χ1n) is 13.9. The third-order valence-corrected chi connectivity index (χ3v) is 7.49. The second kappa shape index (κ2) is 15.4. The maximum Gasteiger partial charge on any atom is 0.335 e. The van der Waals surface area contributed by atoms with E-state index in [0.29, 0.717) is 25.1 Å². The minimum absolute atomic E-state index is 0.102. The fraction of sp³-hybridized carbons (Fsp3) is 0.448. The SMILES string of the molecule is COC(=O)C1OC(Oc2ccc(CCCCN=C(N)NC(=O)c3nc(Cl)c(N)nc3N)cc2)C(C(C)=O)C(C(C)=O)C1C(C)=O. The minimum Gasteiger partial charge on any atom is -0.467 e. The number of guanidine groups is 1. The first kappa shape index (κ1) is 34.9. The van der Waals surface area contributed by atoms with Gasteiger partial charge < -0.3 is 31.4 Å². The van der Waals surface area contributed by atoms with Crippen LogP contribution in [-0.4, -0.2) is 71.2 Å². The highest BCUT2D eigenvalue weighted by atomic mass is 35.5. The number of hydrogen-bond acceptors (Lipinski definition) is 13. The van der Waals surface area contributed by atoms with E-state index in [1.54, 1.807) is 12.1 Å². The topological polar surface area (TPSA) is 241 Å². The van der Waals surface area contributed by atoms with Gasteiger partial charge in [-0.15, -0.1) is 0 Å². The number of hydrogen-bond donors (Lipinski definition) is 4. The molecule has 1 aromatic carbocycles. The largest absolute Gasteiger partial charge is 0.467 e. The Morgan fingerprint density at radius 1 is 0.933 bits per heavy atom. The lowest BCUT2D eigenvalue weighted by molar-refractivity contribution is -0.224. The second-order valence-corrected chi connectivity index (χ2v) is 10.8. The van der Waals surface area contributed by atoms with Gasteiger partial charge >= 0.3 is 5.97 Å². The van der Waals surface area contributed by atoms with Gasteiger partial charge in [-0.25, -0.2) is 14.8 Å². The van der Waals surface area contributed by atoms with E-state index in [9.17, 15) is 24.0 Å². The molecule has 0 bridgehead atoms. The van der Waals surface area contributed by atoms with Gasteiger partial charge in [0, 0.05) is 12.5 Å². The monoisotopic (exact) mass is 645 g/mol. The van der Waals surface area contributed by atoms with E-state index in [4.69, 9.17) is 43.0 Å². The van der Waals surface area contributed by atoms with Gasteiger partial charge in [0.2, 0.25) is 6.29 Å². The fourth-order valence-electron chi connectivity index (χ4n) is 5.06. The Morgan fingerprint density at radius 3 is 2.13 bits per heavy atom. The Morgan fingerprint density at radius 2 is 1.56 bits per heavy atom. The number of Topliss-reactive ketones (excluding diaryl/α,β-unsaturated/α-hetero) is 3. The van der Waals surface area contributed by atoms with E-state index in [1.807, 2.05) is 12.1 Å². The first-order chi connectivity index (χ1) is 21.2. The summed E-state index contributed by atoms with van der Waals surface area (Å²) in [6.45, 7) is 4.12. The molecule has 5 atom stereocenters. The fourth-order valence-corrected chi connectivity index (χ4v) is 5.19. The van der Waals surface area contributed by atoms with Crippen molar-refractivity contribution in [1.29, 1.82) is 0 Å². The number of rotatable bonds is 12. The van der Waals surface area contributed by atoms with Crippen molar-refractivity contribution < 1.29 is 38.2 Å². The highest BCUT2D eigenvalue weighted by Crippen LogP contribution is 2.39. The van der Waals surface area contributed by atoms with Gasteiger partial charge in [0.05, 0.1) is 18.9 Å². The summed E-state index contributed by atoms with van der Waals surface area (Å²) in [5.41, 5.74) is 17.7. The Balaban J connectivity index is 1.58. The molecule has 3 rings (SSSR count). The van der Waals surface area contributed by atoms with Crippen LogP contribution in [-0.2, 0) is 35.1 Å². The van der Waals surface area contributed by atoms with E-state index >= 15 is 0 Å². The van der Waals surface area contributed by atoms with Gasteiger partial charge in [-0.2, -0.15) is 0 Å². The van der Waals surface area contributed by atoms with Crippen LogP contribution in [0.5, 0.6) is 5.75 Å². The van der Waals surface area contributed by atoms with Gasteiger partial charge in [-0.1, -0.05) is 23.7 Å². The number of anilines is 2. The van der Waals surface area contributed by atoms with Crippen LogP contribution in [0.1, 0.15) is 49.7 Å². The molecule has 1 aromatic heterocycles. The Bertz CT molecular complexity index is 1480. The third kappa shape index (κ3) is 8.73. The smallest absolute Gasteiger partial charge is 0.335 e. The van der Waals surface area contributed by atoms with Crippen LogP contribution >= 0.6 is 11.6 Å². The number of aryl methyl sites for hydroxylation is 1. The quantitative estimate of drug-likeness (QED) is 0.110. The summed E-state index contributed by atoms with van der Waals surface area (Å²) in [7, 11) is 1.14. The van der Waals surface area contributed by atoms with Crippen molar-refractivity contribution in [1.82, 2.24) is 15.3 Å². The van der Waals surface area contributed by atoms with Crippen molar-refractivity contribution in [3.05, 3.63) is 40.7 Å². The number of nitrogens with one attached hydrogen (secondary N) is 1. The maximum atomic E-state index is 12.7. The standard InChI is InChI=1S/C29H36ClN7O8/c1-13(38)18-19(14(2)39)22(27(42)43-4)45-28(20(18)15(3)40)44-17-10-8-16(9-11-17)7-5-6-12-34-29(33)37-26(41)21-24(31)36-25(32)23(30)35-21/h8-11,18-20,22,28H,5-7,12H2,1-4H3,(H4,31,32,36)(H3,33,34,37,41). The molecule has 0 aliphatic carbocycles. The lowest BCUT2D eigenvalue weighted by Gasteiger charge is -2.42. The van der Waals surface area contributed by atoms with Gasteiger partial charge in [0.1, 0.15) is 23.1 Å². The number of carbonyl (C=O) groups is 5. The molecule has 1 aliphatic rings. The minimum atomic E-state index is -1.41. The molecule has 1 aliphatic heterocycles. The number of ketones is 3. The van der Waals surface area contributed by atoms with Crippen molar-refractivity contribution in [2.75, 3.05) is 25.1 Å². The number of ether oxygens (including phenoxy) is 3. The number of unbranched alkanes of at least 4 members (excludes halogenated alkanes) is 1. The van der Waals surface area contributed by atoms with E-state index in [-0.39, 0.29) is 28.4 Å². The number of amides is 1. The predicted octanol–water partition coefficient (Wildman–Crippen LogP) is 1.25. The summed E-state index contributed by atoms with van der Waals surface area (Å²) < 4.78 is 16.6. The summed E-state index contributed by atoms with van der Waals surface area (Å²) in [5, 5.41) is 2.21. The normalized spacial score (nSPS) is 21.4. The predicted molar refractivity (Wildman–Crippen MR) is 163 cm³/mol. The molecule has 7 N–H and O–H groups in total. The number of nitrogens with zero attached hydrogens (tertiary/aromatic N) is 3. The number of nitrogens with two attached hydrogens (primary N) is 3. The highest BCUT2D eigenvalue weighted by Gasteiger charge is 2.55. The number of aliphatic imine (C=N–C) groups is 1. The van der Waals surface area contributed by atoms with Gasteiger partial charge in [-0.05, 0) is 57.7 Å². The van der Waals surface area contributed by atoms with Crippen LogP contribution in [0, 0.1) is 17.8 Å². The van der Waals surface area contributed by atoms with Crippen LogP contribution < -0.4 is 27.3 Å². The van der Waals surface area contributed by atoms with E-state index < -0.39 is 59.4 Å². The third-order valence-electron chi connectivity index (χ3n) is 7.21. The van der Waals surface area contributed by atoms with Crippen molar-refractivity contribution >= 4 is 58.4 Å². The molecule has 1 amide bonds. The number of methoxy groups -OCH3 is 1. The average Bonchev–Trinajstić information content (AvgIpc) is 2.98. The zero-order valence-corrected chi connectivity index (χ0v) is 26.0. The number of nitrogen functional groups attached to an aromatic ring is 2. The van der Waals surface area contributed by atoms with Crippen LogP contribution in [0.3, 0.4) is 0 Å². The van der Waals surface area contributed by atoms with Crippen LogP contribution in [0.4, 0.5) is 11.6 Å². The zero-order chi connectivity index (χ0) is 33.4. The molecule has 1 fully saturated rings. The first-order valence-corrected chi connectivity index (χ1v) is 14.3. The summed E-state index contributed by atoms with van der Waals surface area (Å²) in [6.07, 6.45) is -0.631. The molecular weight excluding hydrogens is 610 g/mol. The van der Waals surface area contributed by atoms with E-state index in [0.717, 1.165) is 19.1 Å². The lowest BCUT2D eigenvalue weighted by Crippen LogP contribution is -2.58. The van der Waals surface area contributed by atoms with Crippen molar-refractivity contribution in [2.24, 2.45) is 28.5 Å². The average molecular weight is 646 g/mol. The summed E-state index contributed by atoms with van der Waals surface area (Å²) in [4.78, 5) is 74.2. The summed E-state index contributed by atoms with van der Waals surface area (Å²) >= 11 is 5.80. The van der Waals surface area contributed by atoms with Gasteiger partial charge in [0.25, 0.3) is 5.91 Å². The number of benzene rings is 1. The Kier molecular flexibility index (Phi) is 11.9. The maximum absolute atomic E-state index is 12.7. The molecular formula is C29H36ClN7O8. The molecule has 242 valence electrons. The molecule has 5 unspecified atom stereocenters. The molecule has 0 spiro atoms.